The van der Waals surface area contributed by atoms with Crippen LogP contribution < -0.4 is 24.8 Å². The van der Waals surface area contributed by atoms with Crippen LogP contribution in [0, 0.1) is 5.82 Å². The number of nitrogens with one attached hydrogen (secondary N) is 2. The summed E-state index contributed by atoms with van der Waals surface area (Å²) in [6.45, 7) is 0.0176. The second kappa shape index (κ2) is 10.8. The van der Waals surface area contributed by atoms with Crippen LogP contribution in [0.2, 0.25) is 0 Å². The number of benzene rings is 3. The lowest BCUT2D eigenvalue weighted by Crippen LogP contribution is -2.23. The van der Waals surface area contributed by atoms with E-state index in [1.165, 1.54) is 25.3 Å². The zero-order valence-electron chi connectivity index (χ0n) is 17.7. The Hall–Kier alpha value is -4.07. The standard InChI is InChI=1S/C24H23FN2O5/c1-30-20-10-8-19(9-11-20)27-23(28)15-32-21-12-5-17(13-22(21)31-2)24(29)26-14-16-3-6-18(25)7-4-16/h3-13H,14-15H2,1-2H3,(H,26,29)(H,27,28). The highest BCUT2D eigenvalue weighted by atomic mass is 19.1. The summed E-state index contributed by atoms with van der Waals surface area (Å²) in [7, 11) is 3.01. The fourth-order valence-electron chi connectivity index (χ4n) is 2.83. The van der Waals surface area contributed by atoms with Crippen LogP contribution in [-0.4, -0.2) is 32.6 Å². The quantitative estimate of drug-likeness (QED) is 0.531. The van der Waals surface area contributed by atoms with E-state index in [1.807, 2.05) is 0 Å². The van der Waals surface area contributed by atoms with Crippen molar-refractivity contribution in [2.24, 2.45) is 0 Å². The predicted molar refractivity (Wildman–Crippen MR) is 118 cm³/mol. The second-order valence-corrected chi connectivity index (χ2v) is 6.74. The number of rotatable bonds is 9. The van der Waals surface area contributed by atoms with Gasteiger partial charge in [-0.05, 0) is 60.2 Å². The maximum Gasteiger partial charge on any atom is 0.262 e. The lowest BCUT2D eigenvalue weighted by atomic mass is 10.1. The highest BCUT2D eigenvalue weighted by molar-refractivity contribution is 5.95. The van der Waals surface area contributed by atoms with Gasteiger partial charge in [-0.25, -0.2) is 4.39 Å². The molecular weight excluding hydrogens is 415 g/mol. The molecule has 0 aliphatic rings. The average Bonchev–Trinajstić information content (AvgIpc) is 2.82. The first-order valence-electron chi connectivity index (χ1n) is 9.76. The van der Waals surface area contributed by atoms with Crippen molar-refractivity contribution in [2.75, 3.05) is 26.1 Å². The third-order valence-electron chi connectivity index (χ3n) is 4.52. The molecule has 0 bridgehead atoms. The van der Waals surface area contributed by atoms with Crippen LogP contribution in [0.1, 0.15) is 15.9 Å². The third-order valence-corrected chi connectivity index (χ3v) is 4.52. The minimum absolute atomic E-state index is 0.238. The van der Waals surface area contributed by atoms with Crippen LogP contribution in [0.25, 0.3) is 0 Å². The molecule has 0 aliphatic heterocycles. The molecule has 0 radical (unpaired) electrons. The molecule has 3 aromatic carbocycles. The molecule has 8 heteroatoms. The smallest absolute Gasteiger partial charge is 0.262 e. The molecule has 166 valence electrons. The molecule has 2 amide bonds. The number of hydrogen-bond donors (Lipinski definition) is 2. The molecule has 0 atom stereocenters. The van der Waals surface area contributed by atoms with E-state index in [2.05, 4.69) is 10.6 Å². The Morgan fingerprint density at radius 2 is 1.59 bits per heavy atom. The van der Waals surface area contributed by atoms with Crippen molar-refractivity contribution >= 4 is 17.5 Å². The number of carbonyl (C=O) groups is 2. The summed E-state index contributed by atoms with van der Waals surface area (Å²) >= 11 is 0. The predicted octanol–water partition coefficient (Wildman–Crippen LogP) is 3.79. The van der Waals surface area contributed by atoms with Gasteiger partial charge in [-0.1, -0.05) is 12.1 Å². The third kappa shape index (κ3) is 6.21. The van der Waals surface area contributed by atoms with E-state index >= 15 is 0 Å². The van der Waals surface area contributed by atoms with Crippen molar-refractivity contribution in [1.29, 1.82) is 0 Å². The molecule has 0 saturated heterocycles. The molecule has 0 unspecified atom stereocenters. The lowest BCUT2D eigenvalue weighted by molar-refractivity contribution is -0.118. The van der Waals surface area contributed by atoms with Crippen molar-refractivity contribution < 1.29 is 28.2 Å². The minimum atomic E-state index is -0.349. The fourth-order valence-corrected chi connectivity index (χ4v) is 2.83. The number of amides is 2. The molecule has 7 nitrogen and oxygen atoms in total. The Morgan fingerprint density at radius 3 is 2.25 bits per heavy atom. The van der Waals surface area contributed by atoms with Crippen LogP contribution in [0.15, 0.2) is 66.7 Å². The molecule has 0 heterocycles. The zero-order chi connectivity index (χ0) is 22.9. The van der Waals surface area contributed by atoms with E-state index < -0.39 is 0 Å². The van der Waals surface area contributed by atoms with Crippen molar-refractivity contribution in [3.8, 4) is 17.2 Å². The van der Waals surface area contributed by atoms with Gasteiger partial charge in [0.25, 0.3) is 11.8 Å². The van der Waals surface area contributed by atoms with Gasteiger partial charge in [-0.3, -0.25) is 9.59 Å². The largest absolute Gasteiger partial charge is 0.497 e. The van der Waals surface area contributed by atoms with Crippen molar-refractivity contribution in [2.45, 2.75) is 6.54 Å². The van der Waals surface area contributed by atoms with Crippen LogP contribution in [0.4, 0.5) is 10.1 Å². The minimum Gasteiger partial charge on any atom is -0.497 e. The number of carbonyl (C=O) groups excluding carboxylic acids is 2. The summed E-state index contributed by atoms with van der Waals surface area (Å²) in [5.41, 5.74) is 1.74. The first-order chi connectivity index (χ1) is 15.5. The van der Waals surface area contributed by atoms with E-state index in [4.69, 9.17) is 14.2 Å². The van der Waals surface area contributed by atoms with Crippen LogP contribution in [0.5, 0.6) is 17.2 Å². The summed E-state index contributed by atoms with van der Waals surface area (Å²) < 4.78 is 28.9. The first kappa shape index (κ1) is 22.6. The van der Waals surface area contributed by atoms with Crippen LogP contribution in [-0.2, 0) is 11.3 Å². The molecule has 3 rings (SSSR count). The normalized spacial score (nSPS) is 10.2. The van der Waals surface area contributed by atoms with Gasteiger partial charge in [0.1, 0.15) is 11.6 Å². The molecule has 2 N–H and O–H groups in total. The number of ether oxygens (including phenoxy) is 3. The highest BCUT2D eigenvalue weighted by Crippen LogP contribution is 2.28. The Labute approximate surface area is 185 Å². The van der Waals surface area contributed by atoms with Gasteiger partial charge in [0.05, 0.1) is 14.2 Å². The van der Waals surface area contributed by atoms with E-state index in [9.17, 15) is 14.0 Å². The van der Waals surface area contributed by atoms with E-state index in [1.54, 1.807) is 55.6 Å². The van der Waals surface area contributed by atoms with Gasteiger partial charge in [0.15, 0.2) is 18.1 Å². The van der Waals surface area contributed by atoms with Gasteiger partial charge in [0.2, 0.25) is 0 Å². The summed E-state index contributed by atoms with van der Waals surface area (Å²) in [6.07, 6.45) is 0. The maximum atomic E-state index is 13.0. The summed E-state index contributed by atoms with van der Waals surface area (Å²) in [5.74, 6) is 0.322. The van der Waals surface area contributed by atoms with Crippen LogP contribution in [0.3, 0.4) is 0 Å². The van der Waals surface area contributed by atoms with Gasteiger partial charge in [0, 0.05) is 17.8 Å². The van der Waals surface area contributed by atoms with Gasteiger partial charge >= 0.3 is 0 Å². The molecular formula is C24H23FN2O5. The SMILES string of the molecule is COc1ccc(NC(=O)COc2ccc(C(=O)NCc3ccc(F)cc3)cc2OC)cc1. The van der Waals surface area contributed by atoms with Crippen molar-refractivity contribution in [3.63, 3.8) is 0 Å². The molecule has 0 aliphatic carbocycles. The lowest BCUT2D eigenvalue weighted by Gasteiger charge is -2.13. The zero-order valence-corrected chi connectivity index (χ0v) is 17.7. The number of methoxy groups -OCH3 is 2. The molecule has 0 fully saturated rings. The molecule has 0 aromatic heterocycles. The Balaban J connectivity index is 1.56. The Kier molecular flexibility index (Phi) is 7.64. The van der Waals surface area contributed by atoms with Crippen molar-refractivity contribution in [1.82, 2.24) is 5.32 Å². The second-order valence-electron chi connectivity index (χ2n) is 6.74. The van der Waals surface area contributed by atoms with Gasteiger partial charge in [-0.2, -0.15) is 0 Å². The van der Waals surface area contributed by atoms with E-state index in [-0.39, 0.29) is 30.8 Å². The van der Waals surface area contributed by atoms with E-state index in [0.717, 1.165) is 5.56 Å². The molecule has 0 spiro atoms. The van der Waals surface area contributed by atoms with Gasteiger partial charge in [-0.15, -0.1) is 0 Å². The molecule has 32 heavy (non-hydrogen) atoms. The highest BCUT2D eigenvalue weighted by Gasteiger charge is 2.13. The number of halogens is 1. The topological polar surface area (TPSA) is 85.9 Å². The maximum absolute atomic E-state index is 13.0. The summed E-state index contributed by atoms with van der Waals surface area (Å²) in [4.78, 5) is 24.6. The number of anilines is 1. The monoisotopic (exact) mass is 438 g/mol. The molecule has 3 aromatic rings. The van der Waals surface area contributed by atoms with Crippen molar-refractivity contribution in [3.05, 3.63) is 83.7 Å². The fraction of sp³-hybridized carbons (Fsp3) is 0.167. The van der Waals surface area contributed by atoms with Gasteiger partial charge < -0.3 is 24.8 Å². The Morgan fingerprint density at radius 1 is 0.875 bits per heavy atom. The average molecular weight is 438 g/mol. The number of hydrogen-bond acceptors (Lipinski definition) is 5. The Bertz CT molecular complexity index is 1070. The summed E-state index contributed by atoms with van der Waals surface area (Å²) in [6, 6.07) is 17.4. The van der Waals surface area contributed by atoms with E-state index in [0.29, 0.717) is 28.5 Å². The first-order valence-corrected chi connectivity index (χ1v) is 9.76. The summed E-state index contributed by atoms with van der Waals surface area (Å²) in [5, 5.41) is 5.48. The molecule has 0 saturated carbocycles. The van der Waals surface area contributed by atoms with Crippen LogP contribution >= 0.6 is 0 Å².